The second kappa shape index (κ2) is 6.56. The molecular weight excluding hydrogens is 286 g/mol. The van der Waals surface area contributed by atoms with Crippen LogP contribution in [0.4, 0.5) is 0 Å². The Morgan fingerprint density at radius 3 is 2.86 bits per heavy atom. The number of rotatable bonds is 5. The van der Waals surface area contributed by atoms with E-state index in [1.165, 1.54) is 6.07 Å². The van der Waals surface area contributed by atoms with Gasteiger partial charge >= 0.3 is 0 Å². The Bertz CT molecular complexity index is 637. The van der Waals surface area contributed by atoms with Crippen LogP contribution in [0.1, 0.15) is 18.9 Å². The van der Waals surface area contributed by atoms with Crippen molar-refractivity contribution in [3.63, 3.8) is 0 Å². The molecule has 0 amide bonds. The van der Waals surface area contributed by atoms with Crippen molar-refractivity contribution in [3.8, 4) is 6.07 Å². The minimum absolute atomic E-state index is 0.0729. The predicted octanol–water partition coefficient (Wildman–Crippen LogP) is 1.00. The van der Waals surface area contributed by atoms with E-state index >= 15 is 0 Å². The van der Waals surface area contributed by atoms with Gasteiger partial charge in [-0.15, -0.1) is 0 Å². The Balaban J connectivity index is 2.03. The van der Waals surface area contributed by atoms with Crippen LogP contribution in [0.15, 0.2) is 29.2 Å². The molecule has 0 aliphatic carbocycles. The van der Waals surface area contributed by atoms with Crippen LogP contribution in [0.2, 0.25) is 0 Å². The quantitative estimate of drug-likeness (QED) is 0.877. The van der Waals surface area contributed by atoms with Crippen LogP contribution in [-0.4, -0.2) is 44.7 Å². The fraction of sp³-hybridized carbons (Fsp3) is 0.533. The fourth-order valence-electron chi connectivity index (χ4n) is 2.81. The third-order valence-electron chi connectivity index (χ3n) is 4.09. The van der Waals surface area contributed by atoms with Crippen LogP contribution in [0.25, 0.3) is 0 Å². The molecule has 1 fully saturated rings. The van der Waals surface area contributed by atoms with E-state index in [9.17, 15) is 8.42 Å². The lowest BCUT2D eigenvalue weighted by atomic mass is 10.1. The highest BCUT2D eigenvalue weighted by atomic mass is 32.2. The van der Waals surface area contributed by atoms with Crippen LogP contribution < -0.4 is 5.73 Å². The molecule has 114 valence electrons. The van der Waals surface area contributed by atoms with E-state index in [-0.39, 0.29) is 10.6 Å². The number of nitrogens with zero attached hydrogens (tertiary/aromatic N) is 2. The van der Waals surface area contributed by atoms with Gasteiger partial charge in [-0.3, -0.25) is 4.90 Å². The van der Waals surface area contributed by atoms with Crippen LogP contribution in [0.3, 0.4) is 0 Å². The summed E-state index contributed by atoms with van der Waals surface area (Å²) in [4.78, 5) is 2.41. The Kier molecular flexibility index (Phi) is 4.99. The Morgan fingerprint density at radius 2 is 2.24 bits per heavy atom. The highest BCUT2D eigenvalue weighted by Gasteiger charge is 2.29. The van der Waals surface area contributed by atoms with Crippen molar-refractivity contribution >= 4 is 9.84 Å². The molecule has 1 aromatic rings. The zero-order valence-electron chi connectivity index (χ0n) is 12.2. The van der Waals surface area contributed by atoms with Gasteiger partial charge in [0.05, 0.1) is 22.3 Å². The summed E-state index contributed by atoms with van der Waals surface area (Å²) >= 11 is 0. The molecule has 0 spiro atoms. The Hall–Kier alpha value is -1.42. The summed E-state index contributed by atoms with van der Waals surface area (Å²) < 4.78 is 24.7. The number of likely N-dealkylation sites (tertiary alicyclic amines) is 1. The average Bonchev–Trinajstić information content (AvgIpc) is 2.86. The van der Waals surface area contributed by atoms with E-state index in [0.717, 1.165) is 13.0 Å². The highest BCUT2D eigenvalue weighted by Crippen LogP contribution is 2.22. The highest BCUT2D eigenvalue weighted by molar-refractivity contribution is 7.91. The van der Waals surface area contributed by atoms with Gasteiger partial charge < -0.3 is 5.73 Å². The number of hydrogen-bond donors (Lipinski definition) is 1. The first-order valence-corrected chi connectivity index (χ1v) is 8.78. The first kappa shape index (κ1) is 16.0. The molecule has 0 bridgehead atoms. The summed E-state index contributed by atoms with van der Waals surface area (Å²) in [5.74, 6) is 0.536. The molecule has 0 aromatic heterocycles. The lowest BCUT2D eigenvalue weighted by Crippen LogP contribution is -2.32. The third kappa shape index (κ3) is 3.82. The molecule has 1 heterocycles. The van der Waals surface area contributed by atoms with E-state index in [0.29, 0.717) is 30.6 Å². The van der Waals surface area contributed by atoms with Gasteiger partial charge in [-0.2, -0.15) is 5.26 Å². The topological polar surface area (TPSA) is 87.2 Å². The molecule has 2 N–H and O–H groups in total. The van der Waals surface area contributed by atoms with E-state index < -0.39 is 9.84 Å². The summed E-state index contributed by atoms with van der Waals surface area (Å²) in [6.07, 6.45) is 1.03. The molecule has 2 unspecified atom stereocenters. The SMILES string of the molecule is CC1CC(CN)CN1CCS(=O)(=O)c1cccc(C#N)c1. The lowest BCUT2D eigenvalue weighted by molar-refractivity contribution is 0.280. The maximum absolute atomic E-state index is 12.4. The molecule has 21 heavy (non-hydrogen) atoms. The van der Waals surface area contributed by atoms with Gasteiger partial charge in [-0.05, 0) is 44.0 Å². The van der Waals surface area contributed by atoms with E-state index in [1.807, 2.05) is 6.07 Å². The van der Waals surface area contributed by atoms with Gasteiger partial charge in [0.1, 0.15) is 0 Å². The van der Waals surface area contributed by atoms with Crippen molar-refractivity contribution < 1.29 is 8.42 Å². The molecule has 1 aliphatic rings. The summed E-state index contributed by atoms with van der Waals surface area (Å²) in [5, 5.41) is 8.86. The molecule has 1 aromatic carbocycles. The molecule has 5 nitrogen and oxygen atoms in total. The summed E-state index contributed by atoms with van der Waals surface area (Å²) in [6, 6.07) is 8.54. The molecular formula is C15H21N3O2S. The third-order valence-corrected chi connectivity index (χ3v) is 5.79. The van der Waals surface area contributed by atoms with Crippen molar-refractivity contribution in [1.29, 1.82) is 5.26 Å². The zero-order chi connectivity index (χ0) is 15.5. The first-order chi connectivity index (χ1) is 9.96. The lowest BCUT2D eigenvalue weighted by Gasteiger charge is -2.20. The Labute approximate surface area is 126 Å². The van der Waals surface area contributed by atoms with Gasteiger partial charge in [0.15, 0.2) is 9.84 Å². The van der Waals surface area contributed by atoms with Crippen molar-refractivity contribution in [3.05, 3.63) is 29.8 Å². The Morgan fingerprint density at radius 1 is 1.48 bits per heavy atom. The van der Waals surface area contributed by atoms with E-state index in [4.69, 9.17) is 11.0 Å². The number of sulfone groups is 1. The van der Waals surface area contributed by atoms with Crippen molar-refractivity contribution in [2.24, 2.45) is 11.7 Å². The second-order valence-electron chi connectivity index (χ2n) is 5.64. The van der Waals surface area contributed by atoms with Gasteiger partial charge in [0, 0.05) is 19.1 Å². The number of benzene rings is 1. The van der Waals surface area contributed by atoms with Gasteiger partial charge in [-0.1, -0.05) is 6.07 Å². The standard InChI is InChI=1S/C15H21N3O2S/c1-12-7-14(10-17)11-18(12)5-6-21(19,20)15-4-2-3-13(8-15)9-16/h2-4,8,12,14H,5-7,10-11,17H2,1H3. The molecule has 2 atom stereocenters. The van der Waals surface area contributed by atoms with Gasteiger partial charge in [-0.25, -0.2) is 8.42 Å². The largest absolute Gasteiger partial charge is 0.330 e. The number of nitriles is 1. The normalized spacial score (nSPS) is 23.1. The van der Waals surface area contributed by atoms with Gasteiger partial charge in [0.25, 0.3) is 0 Å². The summed E-state index contributed by atoms with van der Waals surface area (Å²) in [6.45, 7) is 4.14. The monoisotopic (exact) mass is 307 g/mol. The summed E-state index contributed by atoms with van der Waals surface area (Å²) in [7, 11) is -3.35. The van der Waals surface area contributed by atoms with Crippen LogP contribution in [0, 0.1) is 17.2 Å². The fourth-order valence-corrected chi connectivity index (χ4v) is 4.12. The summed E-state index contributed by atoms with van der Waals surface area (Å²) in [5.41, 5.74) is 6.06. The number of hydrogen-bond acceptors (Lipinski definition) is 5. The molecule has 0 radical (unpaired) electrons. The molecule has 2 rings (SSSR count). The minimum atomic E-state index is -3.35. The van der Waals surface area contributed by atoms with Crippen LogP contribution >= 0.6 is 0 Å². The molecule has 6 heteroatoms. The molecule has 1 aliphatic heterocycles. The maximum atomic E-state index is 12.4. The predicted molar refractivity (Wildman–Crippen MR) is 81.4 cm³/mol. The van der Waals surface area contributed by atoms with E-state index in [2.05, 4.69) is 11.8 Å². The van der Waals surface area contributed by atoms with Gasteiger partial charge in [0.2, 0.25) is 0 Å². The minimum Gasteiger partial charge on any atom is -0.330 e. The molecule has 0 saturated carbocycles. The second-order valence-corrected chi connectivity index (χ2v) is 7.75. The maximum Gasteiger partial charge on any atom is 0.179 e. The van der Waals surface area contributed by atoms with Crippen LogP contribution in [0.5, 0.6) is 0 Å². The van der Waals surface area contributed by atoms with Crippen molar-refractivity contribution in [2.45, 2.75) is 24.3 Å². The van der Waals surface area contributed by atoms with Crippen LogP contribution in [-0.2, 0) is 9.84 Å². The smallest absolute Gasteiger partial charge is 0.179 e. The zero-order valence-corrected chi connectivity index (χ0v) is 13.0. The molecule has 1 saturated heterocycles. The number of nitrogens with two attached hydrogens (primary N) is 1. The van der Waals surface area contributed by atoms with Crippen molar-refractivity contribution in [1.82, 2.24) is 4.90 Å². The average molecular weight is 307 g/mol. The van der Waals surface area contributed by atoms with Crippen molar-refractivity contribution in [2.75, 3.05) is 25.4 Å². The first-order valence-electron chi connectivity index (χ1n) is 7.13. The van der Waals surface area contributed by atoms with E-state index in [1.54, 1.807) is 18.2 Å².